The molecule has 0 spiro atoms. The second-order valence-electron chi connectivity index (χ2n) is 5.59. The third-order valence-electron chi connectivity index (χ3n) is 3.58. The molecule has 0 bridgehead atoms. The quantitative estimate of drug-likeness (QED) is 0.259. The highest BCUT2D eigenvalue weighted by molar-refractivity contribution is 7.43. The van der Waals surface area contributed by atoms with E-state index in [1.54, 1.807) is 0 Å². The van der Waals surface area contributed by atoms with Crippen LogP contribution in [0, 0.1) is 0 Å². The molecular weight excluding hydrogens is 239 g/mol. The van der Waals surface area contributed by atoms with Gasteiger partial charge in [-0.1, -0.05) is 84.0 Å². The molecule has 18 heavy (non-hydrogen) atoms. The van der Waals surface area contributed by atoms with E-state index in [4.69, 9.17) is 0 Å². The van der Waals surface area contributed by atoms with E-state index < -0.39 is 7.80 Å². The van der Waals surface area contributed by atoms with Crippen LogP contribution in [0.25, 0.3) is 0 Å². The summed E-state index contributed by atoms with van der Waals surface area (Å²) in [6, 6.07) is 0. The van der Waals surface area contributed by atoms with Gasteiger partial charge in [0.2, 0.25) is 0 Å². The molecule has 0 heterocycles. The van der Waals surface area contributed by atoms with Crippen molar-refractivity contribution in [1.82, 2.24) is 0 Å². The van der Waals surface area contributed by atoms with E-state index in [-0.39, 0.29) is 0 Å². The van der Waals surface area contributed by atoms with Gasteiger partial charge in [0.1, 0.15) is 0 Å². The SMILES string of the molecule is CCCCCCCCCCCCCCC[P](C)=O. The highest BCUT2D eigenvalue weighted by atomic mass is 31.1. The highest BCUT2D eigenvalue weighted by Gasteiger charge is 1.95. The predicted molar refractivity (Wildman–Crippen MR) is 84.1 cm³/mol. The second kappa shape index (κ2) is 15.2. The number of unbranched alkanes of at least 4 members (excludes halogenated alkanes) is 12. The summed E-state index contributed by atoms with van der Waals surface area (Å²) in [5.74, 6) is 0. The first-order chi connectivity index (χ1) is 8.77. The lowest BCUT2D eigenvalue weighted by atomic mass is 10.1. The van der Waals surface area contributed by atoms with Crippen molar-refractivity contribution in [2.24, 2.45) is 0 Å². The van der Waals surface area contributed by atoms with Crippen molar-refractivity contribution in [3.63, 3.8) is 0 Å². The summed E-state index contributed by atoms with van der Waals surface area (Å²) in [6.07, 6.45) is 19.0. The van der Waals surface area contributed by atoms with Crippen molar-refractivity contribution in [3.8, 4) is 0 Å². The summed E-state index contributed by atoms with van der Waals surface area (Å²) < 4.78 is 10.9. The average Bonchev–Trinajstić information content (AvgIpc) is 2.34. The minimum Gasteiger partial charge on any atom is -0.287 e. The molecule has 0 aromatic rings. The third-order valence-corrected chi connectivity index (χ3v) is 4.52. The Morgan fingerprint density at radius 3 is 1.28 bits per heavy atom. The van der Waals surface area contributed by atoms with E-state index in [0.717, 1.165) is 6.16 Å². The standard InChI is InChI=1S/C16H34OP/c1-3-4-5-6-7-8-9-10-11-12-13-14-15-16-18(2)17/h3-16H2,1-2H3. The summed E-state index contributed by atoms with van der Waals surface area (Å²) in [6.45, 7) is 4.12. The van der Waals surface area contributed by atoms with Gasteiger partial charge < -0.3 is 0 Å². The Labute approximate surface area is 116 Å². The van der Waals surface area contributed by atoms with E-state index >= 15 is 0 Å². The smallest absolute Gasteiger partial charge is 0.0686 e. The van der Waals surface area contributed by atoms with Crippen LogP contribution in [0.3, 0.4) is 0 Å². The Balaban J connectivity index is 2.92. The first kappa shape index (κ1) is 18.1. The second-order valence-corrected chi connectivity index (χ2v) is 7.30. The van der Waals surface area contributed by atoms with E-state index in [1.807, 2.05) is 6.66 Å². The third kappa shape index (κ3) is 16.1. The Bertz CT molecular complexity index is 180. The molecule has 0 aliphatic heterocycles. The van der Waals surface area contributed by atoms with Gasteiger partial charge in [0, 0.05) is 12.8 Å². The van der Waals surface area contributed by atoms with Crippen molar-refractivity contribution in [2.45, 2.75) is 90.4 Å². The highest BCUT2D eigenvalue weighted by Crippen LogP contribution is 2.17. The maximum atomic E-state index is 10.9. The fourth-order valence-corrected chi connectivity index (χ4v) is 3.02. The maximum absolute atomic E-state index is 10.9. The Kier molecular flexibility index (Phi) is 15.2. The van der Waals surface area contributed by atoms with E-state index in [1.165, 1.54) is 83.5 Å². The Morgan fingerprint density at radius 2 is 0.944 bits per heavy atom. The van der Waals surface area contributed by atoms with Gasteiger partial charge in [0.15, 0.2) is 0 Å². The van der Waals surface area contributed by atoms with Gasteiger partial charge in [0.05, 0.1) is 7.80 Å². The molecule has 0 aromatic heterocycles. The van der Waals surface area contributed by atoms with Crippen LogP contribution in [0.2, 0.25) is 0 Å². The lowest BCUT2D eigenvalue weighted by molar-refractivity contribution is 0.542. The summed E-state index contributed by atoms with van der Waals surface area (Å²) in [4.78, 5) is 0. The van der Waals surface area contributed by atoms with Crippen molar-refractivity contribution in [1.29, 1.82) is 0 Å². The fourth-order valence-electron chi connectivity index (χ4n) is 2.35. The van der Waals surface area contributed by atoms with Crippen molar-refractivity contribution < 1.29 is 4.57 Å². The van der Waals surface area contributed by atoms with Crippen LogP contribution in [-0.4, -0.2) is 12.8 Å². The van der Waals surface area contributed by atoms with Crippen LogP contribution in [-0.2, 0) is 4.57 Å². The molecule has 0 amide bonds. The molecule has 0 rings (SSSR count). The minimum atomic E-state index is -0.890. The first-order valence-corrected chi connectivity index (χ1v) is 10.0. The first-order valence-electron chi connectivity index (χ1n) is 8.15. The van der Waals surface area contributed by atoms with Gasteiger partial charge >= 0.3 is 0 Å². The zero-order chi connectivity index (χ0) is 13.5. The van der Waals surface area contributed by atoms with Gasteiger partial charge in [-0.2, -0.15) is 0 Å². The lowest BCUT2D eigenvalue weighted by Gasteiger charge is -2.02. The van der Waals surface area contributed by atoms with Crippen LogP contribution in [0.4, 0.5) is 0 Å². The van der Waals surface area contributed by atoms with E-state index in [9.17, 15) is 4.57 Å². The van der Waals surface area contributed by atoms with Gasteiger partial charge in [-0.25, -0.2) is 0 Å². The Morgan fingerprint density at radius 1 is 0.611 bits per heavy atom. The van der Waals surface area contributed by atoms with Gasteiger partial charge in [-0.15, -0.1) is 0 Å². The molecule has 109 valence electrons. The predicted octanol–water partition coefficient (Wildman–Crippen LogP) is 6.53. The summed E-state index contributed by atoms with van der Waals surface area (Å²) in [5.41, 5.74) is 0. The number of hydrogen-bond donors (Lipinski definition) is 0. The molecule has 0 fully saturated rings. The summed E-state index contributed by atoms with van der Waals surface area (Å²) >= 11 is 0. The van der Waals surface area contributed by atoms with Crippen LogP contribution in [0.15, 0.2) is 0 Å². The van der Waals surface area contributed by atoms with E-state index in [0.29, 0.717) is 0 Å². The molecule has 0 N–H and O–H groups in total. The van der Waals surface area contributed by atoms with Crippen LogP contribution in [0.1, 0.15) is 90.4 Å². The van der Waals surface area contributed by atoms with Crippen molar-refractivity contribution >= 4 is 7.80 Å². The molecule has 2 heteroatoms. The normalized spacial score (nSPS) is 11.8. The molecule has 1 radical (unpaired) electrons. The molecule has 1 nitrogen and oxygen atoms in total. The fraction of sp³-hybridized carbons (Fsp3) is 1.00. The van der Waals surface area contributed by atoms with Crippen molar-refractivity contribution in [3.05, 3.63) is 0 Å². The zero-order valence-corrected chi connectivity index (χ0v) is 13.6. The topological polar surface area (TPSA) is 17.1 Å². The molecule has 1 unspecified atom stereocenters. The van der Waals surface area contributed by atoms with E-state index in [2.05, 4.69) is 6.92 Å². The van der Waals surface area contributed by atoms with Gasteiger partial charge in [-0.3, -0.25) is 4.57 Å². The van der Waals surface area contributed by atoms with Crippen LogP contribution in [0.5, 0.6) is 0 Å². The largest absolute Gasteiger partial charge is 0.287 e. The van der Waals surface area contributed by atoms with Crippen LogP contribution >= 0.6 is 7.80 Å². The minimum absolute atomic E-state index is 0.890. The molecule has 1 atom stereocenters. The number of hydrogen-bond acceptors (Lipinski definition) is 1. The van der Waals surface area contributed by atoms with Gasteiger partial charge in [-0.05, 0) is 6.42 Å². The lowest BCUT2D eigenvalue weighted by Crippen LogP contribution is -1.84. The average molecular weight is 273 g/mol. The van der Waals surface area contributed by atoms with Crippen LogP contribution < -0.4 is 0 Å². The Hall–Kier alpha value is 0.100. The monoisotopic (exact) mass is 273 g/mol. The zero-order valence-electron chi connectivity index (χ0n) is 12.8. The molecule has 0 aromatic carbocycles. The summed E-state index contributed by atoms with van der Waals surface area (Å²) in [7, 11) is -0.890. The van der Waals surface area contributed by atoms with Crippen molar-refractivity contribution in [2.75, 3.05) is 12.8 Å². The molecule has 0 aliphatic carbocycles. The maximum Gasteiger partial charge on any atom is 0.0686 e. The summed E-state index contributed by atoms with van der Waals surface area (Å²) in [5, 5.41) is 0. The molecule has 0 aliphatic rings. The molecule has 0 saturated carbocycles. The molecular formula is C16H34OP. The van der Waals surface area contributed by atoms with Gasteiger partial charge in [0.25, 0.3) is 0 Å². The molecule has 0 saturated heterocycles. The number of rotatable bonds is 14.